The van der Waals surface area contributed by atoms with E-state index in [1.54, 1.807) is 0 Å². The summed E-state index contributed by atoms with van der Waals surface area (Å²) in [7, 11) is 0. The van der Waals surface area contributed by atoms with Crippen molar-refractivity contribution in [2.75, 3.05) is 6.61 Å². The molecule has 0 aliphatic rings. The molecule has 1 nitrogen and oxygen atoms in total. The quantitative estimate of drug-likeness (QED) is 0.711. The van der Waals surface area contributed by atoms with Gasteiger partial charge in [0.1, 0.15) is 5.75 Å². The molecule has 94 valence electrons. The van der Waals surface area contributed by atoms with Gasteiger partial charge in [-0.2, -0.15) is 0 Å². The zero-order valence-electron chi connectivity index (χ0n) is 10.5. The largest absolute Gasteiger partial charge is 0.494 e. The third-order valence-corrected chi connectivity index (χ3v) is 3.06. The predicted molar refractivity (Wildman–Crippen MR) is 76.4 cm³/mol. The number of rotatable bonds is 5. The molecule has 0 aliphatic heterocycles. The lowest BCUT2D eigenvalue weighted by Crippen LogP contribution is -1.99. The Morgan fingerprint density at radius 1 is 0.944 bits per heavy atom. The van der Waals surface area contributed by atoms with Crippen molar-refractivity contribution >= 4 is 11.6 Å². The summed E-state index contributed by atoms with van der Waals surface area (Å²) in [6.45, 7) is 2.82. The van der Waals surface area contributed by atoms with E-state index in [-0.39, 0.29) is 0 Å². The minimum Gasteiger partial charge on any atom is -0.494 e. The molecule has 0 spiro atoms. The molecule has 0 unspecified atom stereocenters. The van der Waals surface area contributed by atoms with E-state index in [4.69, 9.17) is 16.3 Å². The van der Waals surface area contributed by atoms with Crippen LogP contribution in [0.25, 0.3) is 0 Å². The molecular formula is C16H17ClO. The van der Waals surface area contributed by atoms with Crippen LogP contribution in [-0.2, 0) is 6.42 Å². The van der Waals surface area contributed by atoms with Crippen molar-refractivity contribution in [3.05, 3.63) is 64.7 Å². The lowest BCUT2D eigenvalue weighted by atomic mass is 10.1. The highest BCUT2D eigenvalue weighted by Crippen LogP contribution is 2.13. The van der Waals surface area contributed by atoms with Gasteiger partial charge in [-0.15, -0.1) is 0 Å². The third-order valence-electron chi connectivity index (χ3n) is 2.81. The van der Waals surface area contributed by atoms with E-state index in [1.165, 1.54) is 11.1 Å². The molecule has 2 aromatic carbocycles. The van der Waals surface area contributed by atoms with Crippen LogP contribution in [0.3, 0.4) is 0 Å². The molecular weight excluding hydrogens is 244 g/mol. The van der Waals surface area contributed by atoms with E-state index in [2.05, 4.69) is 31.2 Å². The second-order valence-corrected chi connectivity index (χ2v) is 4.83. The summed E-state index contributed by atoms with van der Waals surface area (Å²) in [6, 6.07) is 16.1. The standard InChI is InChI=1S/C16H17ClO/c1-13-4-10-16(11-5-13)18-12-2-3-14-6-8-15(17)9-7-14/h4-11H,2-3,12H2,1H3. The van der Waals surface area contributed by atoms with Crippen LogP contribution >= 0.6 is 11.6 Å². The van der Waals surface area contributed by atoms with E-state index >= 15 is 0 Å². The zero-order valence-corrected chi connectivity index (χ0v) is 11.3. The summed E-state index contributed by atoms with van der Waals surface area (Å²) in [5, 5.41) is 0.787. The van der Waals surface area contributed by atoms with Crippen molar-refractivity contribution in [1.29, 1.82) is 0 Å². The molecule has 0 atom stereocenters. The van der Waals surface area contributed by atoms with E-state index in [0.29, 0.717) is 0 Å². The molecule has 0 amide bonds. The Morgan fingerprint density at radius 2 is 1.61 bits per heavy atom. The van der Waals surface area contributed by atoms with Crippen LogP contribution in [0.2, 0.25) is 5.02 Å². The average molecular weight is 261 g/mol. The summed E-state index contributed by atoms with van der Waals surface area (Å²) in [6.07, 6.45) is 2.03. The fraction of sp³-hybridized carbons (Fsp3) is 0.250. The zero-order chi connectivity index (χ0) is 12.8. The van der Waals surface area contributed by atoms with Gasteiger partial charge in [0.2, 0.25) is 0 Å². The first-order valence-electron chi connectivity index (χ1n) is 6.18. The van der Waals surface area contributed by atoms with Crippen LogP contribution in [0.5, 0.6) is 5.75 Å². The van der Waals surface area contributed by atoms with Gasteiger partial charge >= 0.3 is 0 Å². The number of benzene rings is 2. The molecule has 0 saturated heterocycles. The first kappa shape index (κ1) is 13.0. The van der Waals surface area contributed by atoms with E-state index in [1.807, 2.05) is 24.3 Å². The van der Waals surface area contributed by atoms with Gasteiger partial charge in [-0.1, -0.05) is 41.4 Å². The molecule has 2 rings (SSSR count). The molecule has 2 aromatic rings. The van der Waals surface area contributed by atoms with Gasteiger partial charge in [0, 0.05) is 5.02 Å². The molecule has 18 heavy (non-hydrogen) atoms. The van der Waals surface area contributed by atoms with Crippen LogP contribution in [0.1, 0.15) is 17.5 Å². The summed E-state index contributed by atoms with van der Waals surface area (Å²) < 4.78 is 5.68. The highest BCUT2D eigenvalue weighted by Gasteiger charge is 1.96. The highest BCUT2D eigenvalue weighted by molar-refractivity contribution is 6.30. The Kier molecular flexibility index (Phi) is 4.66. The summed E-state index contributed by atoms with van der Waals surface area (Å²) in [4.78, 5) is 0. The fourth-order valence-electron chi connectivity index (χ4n) is 1.75. The Bertz CT molecular complexity index is 426. The van der Waals surface area contributed by atoms with Crippen molar-refractivity contribution < 1.29 is 4.74 Å². The minimum atomic E-state index is 0.742. The van der Waals surface area contributed by atoms with Gasteiger partial charge in [0.05, 0.1) is 6.61 Å². The number of halogens is 1. The first-order valence-corrected chi connectivity index (χ1v) is 6.56. The molecule has 2 heteroatoms. The van der Waals surface area contributed by atoms with Crippen molar-refractivity contribution in [3.63, 3.8) is 0 Å². The van der Waals surface area contributed by atoms with E-state index in [9.17, 15) is 0 Å². The van der Waals surface area contributed by atoms with Crippen molar-refractivity contribution in [2.45, 2.75) is 19.8 Å². The van der Waals surface area contributed by atoms with Gasteiger partial charge in [-0.05, 0) is 49.6 Å². The van der Waals surface area contributed by atoms with Crippen LogP contribution in [0.15, 0.2) is 48.5 Å². The number of hydrogen-bond acceptors (Lipinski definition) is 1. The normalized spacial score (nSPS) is 10.3. The smallest absolute Gasteiger partial charge is 0.119 e. The Morgan fingerprint density at radius 3 is 2.28 bits per heavy atom. The molecule has 0 saturated carbocycles. The maximum Gasteiger partial charge on any atom is 0.119 e. The molecule has 0 aliphatic carbocycles. The first-order chi connectivity index (χ1) is 8.74. The van der Waals surface area contributed by atoms with Gasteiger partial charge in [-0.3, -0.25) is 0 Å². The fourth-order valence-corrected chi connectivity index (χ4v) is 1.88. The number of aryl methyl sites for hydroxylation is 2. The molecule has 0 N–H and O–H groups in total. The lowest BCUT2D eigenvalue weighted by molar-refractivity contribution is 0.311. The average Bonchev–Trinajstić information content (AvgIpc) is 2.39. The van der Waals surface area contributed by atoms with Crippen LogP contribution in [-0.4, -0.2) is 6.61 Å². The van der Waals surface area contributed by atoms with Gasteiger partial charge in [-0.25, -0.2) is 0 Å². The molecule has 0 fully saturated rings. The molecule has 0 bridgehead atoms. The molecule has 0 heterocycles. The van der Waals surface area contributed by atoms with Gasteiger partial charge < -0.3 is 4.74 Å². The van der Waals surface area contributed by atoms with Crippen molar-refractivity contribution in [2.24, 2.45) is 0 Å². The molecule has 0 radical (unpaired) electrons. The number of ether oxygens (including phenoxy) is 1. The monoisotopic (exact) mass is 260 g/mol. The van der Waals surface area contributed by atoms with Gasteiger partial charge in [0.25, 0.3) is 0 Å². The van der Waals surface area contributed by atoms with Crippen molar-refractivity contribution in [1.82, 2.24) is 0 Å². The van der Waals surface area contributed by atoms with Gasteiger partial charge in [0.15, 0.2) is 0 Å². The van der Waals surface area contributed by atoms with Crippen LogP contribution in [0.4, 0.5) is 0 Å². The Balaban J connectivity index is 1.73. The van der Waals surface area contributed by atoms with Crippen LogP contribution < -0.4 is 4.74 Å². The Hall–Kier alpha value is -1.47. The topological polar surface area (TPSA) is 9.23 Å². The molecule has 0 aromatic heterocycles. The van der Waals surface area contributed by atoms with E-state index in [0.717, 1.165) is 30.2 Å². The second-order valence-electron chi connectivity index (χ2n) is 4.39. The van der Waals surface area contributed by atoms with Crippen molar-refractivity contribution in [3.8, 4) is 5.75 Å². The maximum atomic E-state index is 5.84. The van der Waals surface area contributed by atoms with Crippen LogP contribution in [0, 0.1) is 6.92 Å². The summed E-state index contributed by atoms with van der Waals surface area (Å²) in [5.74, 6) is 0.941. The second kappa shape index (κ2) is 6.46. The summed E-state index contributed by atoms with van der Waals surface area (Å²) >= 11 is 5.84. The maximum absolute atomic E-state index is 5.84. The highest BCUT2D eigenvalue weighted by atomic mass is 35.5. The SMILES string of the molecule is Cc1ccc(OCCCc2ccc(Cl)cc2)cc1. The van der Waals surface area contributed by atoms with E-state index < -0.39 is 0 Å². The summed E-state index contributed by atoms with van der Waals surface area (Å²) in [5.41, 5.74) is 2.55. The third kappa shape index (κ3) is 4.08. The Labute approximate surface area is 113 Å². The number of hydrogen-bond donors (Lipinski definition) is 0. The minimum absolute atomic E-state index is 0.742. The lowest BCUT2D eigenvalue weighted by Gasteiger charge is -2.06. The predicted octanol–water partition coefficient (Wildman–Crippen LogP) is 4.66.